The first kappa shape index (κ1) is 25.3. The number of H-pyrrole nitrogens is 1. The van der Waals surface area contributed by atoms with Crippen molar-refractivity contribution < 1.29 is 0 Å². The largest absolute Gasteiger partial charge is 0.359 e. The molecule has 0 radical (unpaired) electrons. The van der Waals surface area contributed by atoms with Crippen LogP contribution >= 0.6 is 35.4 Å². The average molecular weight is 546 g/mol. The molecule has 3 fully saturated rings. The molecule has 9 heteroatoms. The second kappa shape index (κ2) is 9.51. The van der Waals surface area contributed by atoms with Crippen molar-refractivity contribution in [2.75, 3.05) is 5.32 Å². The fourth-order valence-electron chi connectivity index (χ4n) is 6.17. The third-order valence-corrected chi connectivity index (χ3v) is 9.34. The van der Waals surface area contributed by atoms with Crippen LogP contribution in [0.3, 0.4) is 0 Å². The van der Waals surface area contributed by atoms with Crippen LogP contribution in [0, 0.1) is 23.2 Å². The molecule has 6 nitrogen and oxygen atoms in total. The van der Waals surface area contributed by atoms with Gasteiger partial charge in [-0.1, -0.05) is 50.0 Å². The van der Waals surface area contributed by atoms with Gasteiger partial charge in [0.15, 0.2) is 5.11 Å². The Hall–Kier alpha value is -2.35. The molecular weight excluding hydrogens is 515 g/mol. The van der Waals surface area contributed by atoms with Crippen LogP contribution in [0.5, 0.6) is 0 Å². The van der Waals surface area contributed by atoms with E-state index < -0.39 is 5.69 Å². The van der Waals surface area contributed by atoms with Crippen molar-refractivity contribution in [2.45, 2.75) is 52.6 Å². The molecule has 6 rings (SSSR count). The molecule has 1 aromatic heterocycles. The highest BCUT2D eigenvalue weighted by atomic mass is 35.5. The Morgan fingerprint density at radius 2 is 1.94 bits per heavy atom. The summed E-state index contributed by atoms with van der Waals surface area (Å²) in [7, 11) is 0. The maximum Gasteiger partial charge on any atom is 0.328 e. The van der Waals surface area contributed by atoms with E-state index in [2.05, 4.69) is 36.4 Å². The highest BCUT2D eigenvalue weighted by molar-refractivity contribution is 7.80. The number of anilines is 1. The Balaban J connectivity index is 1.28. The topological polar surface area (TPSA) is 78.9 Å². The number of hydrogen-bond donors (Lipinski definition) is 3. The molecule has 3 N–H and O–H groups in total. The number of nitrogens with zero attached hydrogens (tertiary/aromatic N) is 1. The molecule has 3 saturated carbocycles. The average Bonchev–Trinajstić information content (AvgIpc) is 2.80. The van der Waals surface area contributed by atoms with Gasteiger partial charge in [-0.05, 0) is 90.5 Å². The molecule has 3 aromatic rings. The van der Waals surface area contributed by atoms with E-state index >= 15 is 0 Å². The summed E-state index contributed by atoms with van der Waals surface area (Å²) < 4.78 is 1.20. The van der Waals surface area contributed by atoms with Crippen molar-refractivity contribution in [2.24, 2.45) is 23.2 Å². The van der Waals surface area contributed by atoms with Crippen molar-refractivity contribution in [3.63, 3.8) is 0 Å². The van der Waals surface area contributed by atoms with Crippen molar-refractivity contribution in [1.82, 2.24) is 14.9 Å². The van der Waals surface area contributed by atoms with Crippen LogP contribution in [0.25, 0.3) is 10.9 Å². The monoisotopic (exact) mass is 544 g/mol. The van der Waals surface area contributed by atoms with Gasteiger partial charge in [-0.3, -0.25) is 9.36 Å². The van der Waals surface area contributed by atoms with Crippen LogP contribution in [-0.4, -0.2) is 20.7 Å². The normalized spacial score (nSPS) is 24.2. The second-order valence-corrected chi connectivity index (χ2v) is 12.0. The van der Waals surface area contributed by atoms with Gasteiger partial charge in [0.25, 0.3) is 5.56 Å². The number of benzene rings is 2. The predicted molar refractivity (Wildman–Crippen MR) is 151 cm³/mol. The number of aromatic amines is 1. The molecule has 0 amide bonds. The summed E-state index contributed by atoms with van der Waals surface area (Å²) in [5, 5.41) is 8.77. The molecule has 0 aliphatic heterocycles. The van der Waals surface area contributed by atoms with E-state index in [1.807, 2.05) is 0 Å². The smallest absolute Gasteiger partial charge is 0.328 e. The number of rotatable bonds is 5. The van der Waals surface area contributed by atoms with Gasteiger partial charge in [0, 0.05) is 28.3 Å². The molecule has 3 aliphatic rings. The summed E-state index contributed by atoms with van der Waals surface area (Å²) in [6, 6.07) is 10.8. The van der Waals surface area contributed by atoms with Crippen molar-refractivity contribution in [3.05, 3.63) is 72.8 Å². The van der Waals surface area contributed by atoms with E-state index in [-0.39, 0.29) is 12.1 Å². The maximum atomic E-state index is 13.1. The zero-order valence-corrected chi connectivity index (χ0v) is 22.9. The third-order valence-electron chi connectivity index (χ3n) is 8.53. The van der Waals surface area contributed by atoms with Crippen LogP contribution in [0.4, 0.5) is 5.69 Å². The fourth-order valence-corrected chi connectivity index (χ4v) is 6.94. The van der Waals surface area contributed by atoms with E-state index in [0.717, 1.165) is 29.5 Å². The Bertz CT molecular complexity index is 1460. The molecule has 190 valence electrons. The minimum absolute atomic E-state index is 0.206. The number of thiocarbonyl (C=S) groups is 1. The minimum atomic E-state index is -0.465. The van der Waals surface area contributed by atoms with Crippen LogP contribution in [0.1, 0.15) is 39.2 Å². The minimum Gasteiger partial charge on any atom is -0.359 e. The van der Waals surface area contributed by atoms with E-state index in [4.69, 9.17) is 35.4 Å². The van der Waals surface area contributed by atoms with Crippen LogP contribution < -0.4 is 21.9 Å². The summed E-state index contributed by atoms with van der Waals surface area (Å²) in [6.07, 6.45) is 2.87. The van der Waals surface area contributed by atoms with Crippen molar-refractivity contribution in [1.29, 1.82) is 0 Å². The zero-order valence-electron chi connectivity index (χ0n) is 20.5. The number of halogens is 2. The number of fused-ring (bicyclic) bond motifs is 3. The van der Waals surface area contributed by atoms with E-state index in [1.54, 1.807) is 36.4 Å². The highest BCUT2D eigenvalue weighted by Gasteiger charge is 2.56. The molecule has 36 heavy (non-hydrogen) atoms. The summed E-state index contributed by atoms with van der Waals surface area (Å²) >= 11 is 17.8. The first-order chi connectivity index (χ1) is 17.0. The lowest BCUT2D eigenvalue weighted by atomic mass is 9.45. The Labute approximate surface area is 225 Å². The molecular formula is C27H30Cl2N4O2S. The quantitative estimate of drug-likeness (QED) is 0.364. The Morgan fingerprint density at radius 3 is 2.64 bits per heavy atom. The van der Waals surface area contributed by atoms with Gasteiger partial charge in [0.05, 0.1) is 10.9 Å². The molecule has 0 unspecified atom stereocenters. The number of nitrogens with one attached hydrogen (secondary N) is 3. The van der Waals surface area contributed by atoms with Gasteiger partial charge < -0.3 is 15.6 Å². The molecule has 4 atom stereocenters. The number of hydrogen-bond acceptors (Lipinski definition) is 3. The van der Waals surface area contributed by atoms with Gasteiger partial charge in [-0.2, -0.15) is 0 Å². The SMILES string of the molecule is C[C@@H]1[C@@H](NC(=S)Nc2ccc3c(=O)n(CCc4ccc(Cl)cc4Cl)c(=O)[nH]c3c2)C[C@H]2C[C@@H]1C2(C)C. The van der Waals surface area contributed by atoms with E-state index in [9.17, 15) is 9.59 Å². The van der Waals surface area contributed by atoms with Gasteiger partial charge in [0.1, 0.15) is 0 Å². The standard InChI is InChI=1S/C27H30Cl2N4O2S/c1-14-20-10-16(27(20,2)3)11-22(14)31-25(36)30-18-6-7-19-23(13-18)32-26(35)33(24(19)34)9-8-15-4-5-17(28)12-21(15)29/h4-7,12-14,16,20,22H,8-11H2,1-3H3,(H,32,35)(H2,30,31,36)/t14-,16+,20-,22-/m0/s1. The molecule has 0 saturated heterocycles. The van der Waals surface area contributed by atoms with Gasteiger partial charge in [-0.15, -0.1) is 0 Å². The molecule has 3 aliphatic carbocycles. The van der Waals surface area contributed by atoms with Crippen LogP contribution in [0.15, 0.2) is 46.0 Å². The van der Waals surface area contributed by atoms with Crippen LogP contribution in [-0.2, 0) is 13.0 Å². The lowest BCUT2D eigenvalue weighted by Crippen LogP contribution is -2.61. The third kappa shape index (κ3) is 4.57. The molecule has 2 bridgehead atoms. The van der Waals surface area contributed by atoms with Gasteiger partial charge >= 0.3 is 5.69 Å². The summed E-state index contributed by atoms with van der Waals surface area (Å²) in [5.41, 5.74) is 1.62. The molecule has 1 heterocycles. The fraction of sp³-hybridized carbons (Fsp3) is 0.444. The lowest BCUT2D eigenvalue weighted by Gasteiger charge is -2.62. The van der Waals surface area contributed by atoms with Crippen molar-refractivity contribution >= 4 is 57.1 Å². The number of aryl methyl sites for hydroxylation is 1. The van der Waals surface area contributed by atoms with E-state index in [1.165, 1.54) is 11.0 Å². The first-order valence-electron chi connectivity index (χ1n) is 12.3. The summed E-state index contributed by atoms with van der Waals surface area (Å²) in [5.74, 6) is 2.02. The second-order valence-electron chi connectivity index (χ2n) is 10.8. The highest BCUT2D eigenvalue weighted by Crippen LogP contribution is 2.61. The van der Waals surface area contributed by atoms with Crippen LogP contribution in [0.2, 0.25) is 10.0 Å². The number of aromatic nitrogens is 2. The first-order valence-corrected chi connectivity index (χ1v) is 13.5. The van der Waals surface area contributed by atoms with Gasteiger partial charge in [-0.25, -0.2) is 4.79 Å². The molecule has 0 spiro atoms. The maximum absolute atomic E-state index is 13.1. The Morgan fingerprint density at radius 1 is 1.17 bits per heavy atom. The Kier molecular flexibility index (Phi) is 6.68. The summed E-state index contributed by atoms with van der Waals surface area (Å²) in [4.78, 5) is 28.6. The predicted octanol–water partition coefficient (Wildman–Crippen LogP) is 5.60. The molecule has 2 aromatic carbocycles. The summed E-state index contributed by atoms with van der Waals surface area (Å²) in [6.45, 7) is 7.28. The van der Waals surface area contributed by atoms with E-state index in [0.29, 0.717) is 49.9 Å². The lowest BCUT2D eigenvalue weighted by molar-refractivity contribution is -0.111. The van der Waals surface area contributed by atoms with Gasteiger partial charge in [0.2, 0.25) is 0 Å². The van der Waals surface area contributed by atoms with Crippen molar-refractivity contribution in [3.8, 4) is 0 Å². The zero-order chi connectivity index (χ0) is 25.8.